The Kier molecular flexibility index (Phi) is 3.45. The van der Waals surface area contributed by atoms with Gasteiger partial charge in [0.15, 0.2) is 12.9 Å². The Morgan fingerprint density at radius 1 is 1.50 bits per heavy atom. The molecule has 3 nitrogen and oxygen atoms in total. The number of hydrogen-bond donors (Lipinski definition) is 0. The molecule has 0 unspecified atom stereocenters. The molecule has 0 heterocycles. The second-order valence-electron chi connectivity index (χ2n) is 2.49. The highest BCUT2D eigenvalue weighted by molar-refractivity contribution is 5.98. The molecule has 3 heteroatoms. The van der Waals surface area contributed by atoms with Crippen LogP contribution in [0.5, 0.6) is 0 Å². The number of rotatable bonds is 3. The van der Waals surface area contributed by atoms with Crippen LogP contribution in [-0.2, 0) is 4.74 Å². The van der Waals surface area contributed by atoms with Crippen LogP contribution in [0.3, 0.4) is 0 Å². The second kappa shape index (κ2) is 4.83. The van der Waals surface area contributed by atoms with Crippen molar-refractivity contribution in [2.24, 2.45) is 0 Å². The fourth-order valence-electron chi connectivity index (χ4n) is 0.971. The van der Waals surface area contributed by atoms with Gasteiger partial charge in [-0.25, -0.2) is 4.79 Å². The van der Waals surface area contributed by atoms with Gasteiger partial charge in [-0.2, -0.15) is 0 Å². The molecule has 0 fully saturated rings. The Bertz CT molecular complexity index is 388. The maximum atomic E-state index is 11.3. The van der Waals surface area contributed by atoms with Crippen LogP contribution in [0.15, 0.2) is 24.3 Å². The molecule has 0 aliphatic rings. The van der Waals surface area contributed by atoms with Gasteiger partial charge in [0, 0.05) is 5.56 Å². The van der Waals surface area contributed by atoms with Gasteiger partial charge in [0.1, 0.15) is 0 Å². The van der Waals surface area contributed by atoms with E-state index in [1.165, 1.54) is 6.07 Å². The third-order valence-corrected chi connectivity index (χ3v) is 1.59. The zero-order valence-electron chi connectivity index (χ0n) is 7.40. The summed E-state index contributed by atoms with van der Waals surface area (Å²) in [6.45, 7) is -0.0912. The lowest BCUT2D eigenvalue weighted by molar-refractivity contribution is 0.0554. The van der Waals surface area contributed by atoms with Crippen molar-refractivity contribution in [3.8, 4) is 12.3 Å². The fourth-order valence-corrected chi connectivity index (χ4v) is 0.971. The molecule has 0 saturated heterocycles. The van der Waals surface area contributed by atoms with Crippen molar-refractivity contribution in [3.05, 3.63) is 35.4 Å². The number of esters is 1. The Morgan fingerprint density at radius 3 is 2.86 bits per heavy atom. The van der Waals surface area contributed by atoms with Crippen molar-refractivity contribution in [3.63, 3.8) is 0 Å². The minimum atomic E-state index is -0.578. The summed E-state index contributed by atoms with van der Waals surface area (Å²) in [5.74, 6) is 1.60. The molecule has 0 aliphatic heterocycles. The molecule has 0 N–H and O–H groups in total. The van der Waals surface area contributed by atoms with E-state index in [0.717, 1.165) is 0 Å². The number of carbonyl (C=O) groups excluding carboxylic acids is 2. The van der Waals surface area contributed by atoms with Crippen LogP contribution in [0.4, 0.5) is 0 Å². The van der Waals surface area contributed by atoms with Crippen molar-refractivity contribution in [1.82, 2.24) is 0 Å². The Morgan fingerprint density at radius 2 is 2.21 bits per heavy atom. The van der Waals surface area contributed by atoms with E-state index in [-0.39, 0.29) is 12.2 Å². The zero-order chi connectivity index (χ0) is 10.4. The third-order valence-electron chi connectivity index (χ3n) is 1.59. The quantitative estimate of drug-likeness (QED) is 0.408. The van der Waals surface area contributed by atoms with Crippen molar-refractivity contribution in [2.75, 3.05) is 6.61 Å². The lowest BCUT2D eigenvalue weighted by Crippen LogP contribution is -2.08. The first-order valence-corrected chi connectivity index (χ1v) is 3.94. The number of ether oxygens (including phenoxy) is 1. The van der Waals surface area contributed by atoms with Crippen LogP contribution >= 0.6 is 0 Å². The van der Waals surface area contributed by atoms with Gasteiger partial charge in [-0.15, -0.1) is 6.42 Å². The second-order valence-corrected chi connectivity index (χ2v) is 2.49. The van der Waals surface area contributed by atoms with E-state index in [9.17, 15) is 9.59 Å². The highest BCUT2D eigenvalue weighted by Crippen LogP contribution is 2.07. The molecule has 1 aromatic carbocycles. The molecule has 0 radical (unpaired) electrons. The maximum Gasteiger partial charge on any atom is 0.339 e. The predicted octanol–water partition coefficient (Wildman–Crippen LogP) is 1.29. The maximum absolute atomic E-state index is 11.3. The first-order chi connectivity index (χ1) is 6.79. The molecule has 0 atom stereocenters. The number of aldehydes is 1. The zero-order valence-corrected chi connectivity index (χ0v) is 7.40. The van der Waals surface area contributed by atoms with E-state index in [0.29, 0.717) is 11.8 Å². The molecule has 1 rings (SSSR count). The summed E-state index contributed by atoms with van der Waals surface area (Å²) >= 11 is 0. The van der Waals surface area contributed by atoms with Crippen molar-refractivity contribution < 1.29 is 14.3 Å². The van der Waals surface area contributed by atoms with Crippen LogP contribution in [0.25, 0.3) is 0 Å². The molecule has 0 spiro atoms. The summed E-state index contributed by atoms with van der Waals surface area (Å²) in [5, 5.41) is 0. The Labute approximate surface area is 81.7 Å². The molecule has 1 aromatic rings. The molecule has 0 aliphatic carbocycles. The van der Waals surface area contributed by atoms with Gasteiger partial charge in [0.05, 0.1) is 5.56 Å². The smallest absolute Gasteiger partial charge is 0.339 e. The molecular formula is C11H8O3. The van der Waals surface area contributed by atoms with Crippen LogP contribution in [0.1, 0.15) is 20.7 Å². The fraction of sp³-hybridized carbons (Fsp3) is 0.0909. The molecule has 0 aromatic heterocycles. The topological polar surface area (TPSA) is 43.4 Å². The highest BCUT2D eigenvalue weighted by atomic mass is 16.5. The summed E-state index contributed by atoms with van der Waals surface area (Å²) in [6, 6.07) is 6.38. The standard InChI is InChI=1S/C11H8O3/c1-2-7-14-11(13)10-6-4-3-5-9(10)8-12/h1,3-6,8H,7H2. The number of terminal acetylenes is 1. The number of benzene rings is 1. The first-order valence-electron chi connectivity index (χ1n) is 3.94. The van der Waals surface area contributed by atoms with E-state index >= 15 is 0 Å². The predicted molar refractivity (Wildman–Crippen MR) is 50.9 cm³/mol. The lowest BCUT2D eigenvalue weighted by Gasteiger charge is -2.02. The van der Waals surface area contributed by atoms with Gasteiger partial charge in [-0.05, 0) is 6.07 Å². The molecular weight excluding hydrogens is 180 g/mol. The Hall–Kier alpha value is -2.08. The molecule has 0 amide bonds. The molecule has 0 saturated carbocycles. The summed E-state index contributed by atoms with van der Waals surface area (Å²) < 4.78 is 4.69. The van der Waals surface area contributed by atoms with E-state index in [1.54, 1.807) is 18.2 Å². The van der Waals surface area contributed by atoms with Gasteiger partial charge < -0.3 is 4.74 Å². The first kappa shape index (κ1) is 10.0. The van der Waals surface area contributed by atoms with Gasteiger partial charge in [0.25, 0.3) is 0 Å². The van der Waals surface area contributed by atoms with E-state index in [2.05, 4.69) is 10.7 Å². The van der Waals surface area contributed by atoms with Crippen molar-refractivity contribution >= 4 is 12.3 Å². The van der Waals surface area contributed by atoms with Crippen LogP contribution in [0, 0.1) is 12.3 Å². The van der Waals surface area contributed by atoms with E-state index < -0.39 is 5.97 Å². The molecule has 70 valence electrons. The minimum Gasteiger partial charge on any atom is -0.449 e. The lowest BCUT2D eigenvalue weighted by atomic mass is 10.1. The summed E-state index contributed by atoms with van der Waals surface area (Å²) in [5.41, 5.74) is 0.535. The van der Waals surface area contributed by atoms with E-state index in [4.69, 9.17) is 6.42 Å². The molecule has 0 bridgehead atoms. The average molecular weight is 188 g/mol. The third kappa shape index (κ3) is 2.20. The average Bonchev–Trinajstić information content (AvgIpc) is 2.25. The Balaban J connectivity index is 2.89. The summed E-state index contributed by atoms with van der Waals surface area (Å²) in [7, 11) is 0. The van der Waals surface area contributed by atoms with Crippen LogP contribution in [0.2, 0.25) is 0 Å². The minimum absolute atomic E-state index is 0.0912. The van der Waals surface area contributed by atoms with E-state index in [1.807, 2.05) is 0 Å². The number of hydrogen-bond acceptors (Lipinski definition) is 3. The summed E-state index contributed by atoms with van der Waals surface area (Å²) in [4.78, 5) is 21.9. The normalized spacial score (nSPS) is 8.79. The van der Waals surface area contributed by atoms with Gasteiger partial charge in [0.2, 0.25) is 0 Å². The monoisotopic (exact) mass is 188 g/mol. The van der Waals surface area contributed by atoms with Gasteiger partial charge >= 0.3 is 5.97 Å². The van der Waals surface area contributed by atoms with Gasteiger partial charge in [-0.1, -0.05) is 24.1 Å². The van der Waals surface area contributed by atoms with Crippen molar-refractivity contribution in [1.29, 1.82) is 0 Å². The van der Waals surface area contributed by atoms with Crippen LogP contribution in [-0.4, -0.2) is 18.9 Å². The molecule has 14 heavy (non-hydrogen) atoms. The largest absolute Gasteiger partial charge is 0.449 e. The summed E-state index contributed by atoms with van der Waals surface area (Å²) in [6.07, 6.45) is 5.53. The van der Waals surface area contributed by atoms with Crippen LogP contribution < -0.4 is 0 Å². The van der Waals surface area contributed by atoms with Gasteiger partial charge in [-0.3, -0.25) is 4.79 Å². The number of carbonyl (C=O) groups is 2. The van der Waals surface area contributed by atoms with Crippen molar-refractivity contribution in [2.45, 2.75) is 0 Å². The highest BCUT2D eigenvalue weighted by Gasteiger charge is 2.10. The SMILES string of the molecule is C#CCOC(=O)c1ccccc1C=O.